The largest absolute Gasteiger partial charge is 0.495 e. The number of rotatable bonds is 5. The van der Waals surface area contributed by atoms with Gasteiger partial charge in [0.05, 0.1) is 12.8 Å². The molecule has 0 atom stereocenters. The lowest BCUT2D eigenvalue weighted by molar-refractivity contribution is 0.102. The summed E-state index contributed by atoms with van der Waals surface area (Å²) in [6.07, 6.45) is 1.64. The molecule has 10 nitrogen and oxygen atoms in total. The van der Waals surface area contributed by atoms with Crippen LogP contribution in [0.25, 0.3) is 11.5 Å². The highest BCUT2D eigenvalue weighted by molar-refractivity contribution is 6.05. The molecule has 0 saturated carbocycles. The molecule has 0 unspecified atom stereocenters. The number of urea groups is 1. The van der Waals surface area contributed by atoms with Crippen LogP contribution in [-0.2, 0) is 0 Å². The van der Waals surface area contributed by atoms with Gasteiger partial charge >= 0.3 is 6.03 Å². The summed E-state index contributed by atoms with van der Waals surface area (Å²) in [4.78, 5) is 34.5. The molecule has 1 fully saturated rings. The minimum Gasteiger partial charge on any atom is -0.495 e. The fourth-order valence-electron chi connectivity index (χ4n) is 2.85. The molecule has 10 heteroatoms. The Bertz CT molecular complexity index is 1020. The number of nitrogens with zero attached hydrogens (tertiary/aromatic N) is 4. The van der Waals surface area contributed by atoms with Crippen molar-refractivity contribution >= 4 is 23.6 Å². The van der Waals surface area contributed by atoms with E-state index in [-0.39, 0.29) is 12.0 Å². The van der Waals surface area contributed by atoms with Crippen molar-refractivity contribution in [2.24, 2.45) is 0 Å². The Kier molecular flexibility index (Phi) is 4.58. The minimum atomic E-state index is -0.407. The van der Waals surface area contributed by atoms with E-state index in [4.69, 9.17) is 4.74 Å². The first-order valence-electron chi connectivity index (χ1n) is 8.54. The number of hydrogen-bond acceptors (Lipinski definition) is 6. The van der Waals surface area contributed by atoms with Gasteiger partial charge in [0.25, 0.3) is 5.91 Å². The first kappa shape index (κ1) is 17.5. The number of aromatic amines is 1. The summed E-state index contributed by atoms with van der Waals surface area (Å²) in [5, 5.41) is 12.1. The van der Waals surface area contributed by atoms with E-state index < -0.39 is 5.91 Å². The van der Waals surface area contributed by atoms with Crippen molar-refractivity contribution < 1.29 is 14.3 Å². The van der Waals surface area contributed by atoms with Crippen molar-refractivity contribution in [2.45, 2.75) is 0 Å². The number of pyridine rings is 1. The zero-order valence-corrected chi connectivity index (χ0v) is 15.0. The Morgan fingerprint density at radius 2 is 2.18 bits per heavy atom. The molecule has 4 rings (SSSR count). The molecule has 0 aliphatic carbocycles. The fourth-order valence-corrected chi connectivity index (χ4v) is 2.85. The molecule has 0 radical (unpaired) electrons. The number of carbonyl (C=O) groups excluding carboxylic acids is 2. The Labute approximate surface area is 159 Å². The highest BCUT2D eigenvalue weighted by Gasteiger charge is 2.25. The molecule has 28 heavy (non-hydrogen) atoms. The van der Waals surface area contributed by atoms with Crippen LogP contribution in [0.1, 0.15) is 10.4 Å². The summed E-state index contributed by atoms with van der Waals surface area (Å²) in [5.74, 6) is 0.668. The second kappa shape index (κ2) is 7.35. The molecular formula is C18H17N7O3. The maximum atomic E-state index is 12.6. The number of anilines is 2. The number of carbonyl (C=O) groups is 2. The molecule has 1 aliphatic heterocycles. The molecule has 3 amide bonds. The van der Waals surface area contributed by atoms with Gasteiger partial charge in [-0.15, -0.1) is 5.10 Å². The summed E-state index contributed by atoms with van der Waals surface area (Å²) < 4.78 is 5.32. The van der Waals surface area contributed by atoms with E-state index in [0.717, 1.165) is 0 Å². The molecule has 0 bridgehead atoms. The summed E-state index contributed by atoms with van der Waals surface area (Å²) in [5.41, 5.74) is 1.48. The van der Waals surface area contributed by atoms with E-state index in [1.54, 1.807) is 36.5 Å². The van der Waals surface area contributed by atoms with Crippen LogP contribution in [0, 0.1) is 0 Å². The SMILES string of the molecule is COc1ccc(C(=O)Nc2n[nH]c(-c3ccccn3)n2)cc1N1CCNC1=O. The zero-order chi connectivity index (χ0) is 19.5. The first-order valence-corrected chi connectivity index (χ1v) is 8.54. The van der Waals surface area contributed by atoms with E-state index in [0.29, 0.717) is 41.6 Å². The lowest BCUT2D eigenvalue weighted by Crippen LogP contribution is -2.28. The lowest BCUT2D eigenvalue weighted by Gasteiger charge is -2.18. The van der Waals surface area contributed by atoms with Crippen LogP contribution in [0.4, 0.5) is 16.4 Å². The maximum absolute atomic E-state index is 12.6. The fraction of sp³-hybridized carbons (Fsp3) is 0.167. The third-order valence-electron chi connectivity index (χ3n) is 4.21. The molecule has 3 N–H and O–H groups in total. The van der Waals surface area contributed by atoms with Crippen molar-refractivity contribution in [3.63, 3.8) is 0 Å². The monoisotopic (exact) mass is 379 g/mol. The molecule has 0 spiro atoms. The first-order chi connectivity index (χ1) is 13.7. The third kappa shape index (κ3) is 3.34. The van der Waals surface area contributed by atoms with Crippen LogP contribution in [0.5, 0.6) is 5.75 Å². The van der Waals surface area contributed by atoms with Gasteiger partial charge in [-0.1, -0.05) is 6.07 Å². The molecule has 1 saturated heterocycles. The number of amides is 3. The number of ether oxygens (including phenoxy) is 1. The quantitative estimate of drug-likeness (QED) is 0.619. The second-order valence-electron chi connectivity index (χ2n) is 5.95. The number of nitrogens with one attached hydrogen (secondary N) is 3. The number of hydrogen-bond donors (Lipinski definition) is 3. The highest BCUT2D eigenvalue weighted by Crippen LogP contribution is 2.30. The number of aromatic nitrogens is 4. The Hall–Kier alpha value is -3.95. The molecular weight excluding hydrogens is 362 g/mol. The summed E-state index contributed by atoms with van der Waals surface area (Å²) in [6.45, 7) is 1.03. The topological polar surface area (TPSA) is 125 Å². The van der Waals surface area contributed by atoms with Gasteiger partial charge in [0.1, 0.15) is 11.4 Å². The van der Waals surface area contributed by atoms with Gasteiger partial charge in [-0.2, -0.15) is 4.98 Å². The minimum absolute atomic E-state index is 0.127. The van der Waals surface area contributed by atoms with Crippen molar-refractivity contribution in [2.75, 3.05) is 30.4 Å². The van der Waals surface area contributed by atoms with Crippen LogP contribution >= 0.6 is 0 Å². The van der Waals surface area contributed by atoms with Crippen molar-refractivity contribution in [3.8, 4) is 17.3 Å². The average molecular weight is 379 g/mol. The van der Waals surface area contributed by atoms with Gasteiger partial charge in [-0.25, -0.2) is 4.79 Å². The average Bonchev–Trinajstić information content (AvgIpc) is 3.37. The molecule has 2 aromatic heterocycles. The Morgan fingerprint density at radius 1 is 1.29 bits per heavy atom. The van der Waals surface area contributed by atoms with E-state index >= 15 is 0 Å². The molecule has 1 aromatic carbocycles. The Balaban J connectivity index is 1.55. The van der Waals surface area contributed by atoms with Gasteiger partial charge in [0, 0.05) is 24.8 Å². The Morgan fingerprint density at radius 3 is 2.89 bits per heavy atom. The second-order valence-corrected chi connectivity index (χ2v) is 5.95. The molecule has 142 valence electrons. The normalized spacial score (nSPS) is 13.3. The predicted octanol–water partition coefficient (Wildman–Crippen LogP) is 1.66. The third-order valence-corrected chi connectivity index (χ3v) is 4.21. The van der Waals surface area contributed by atoms with Crippen molar-refractivity contribution in [1.29, 1.82) is 0 Å². The van der Waals surface area contributed by atoms with Crippen LogP contribution in [-0.4, -0.2) is 52.3 Å². The number of methoxy groups -OCH3 is 1. The van der Waals surface area contributed by atoms with E-state index in [2.05, 4.69) is 30.8 Å². The van der Waals surface area contributed by atoms with E-state index in [1.807, 2.05) is 6.07 Å². The summed E-state index contributed by atoms with van der Waals surface area (Å²) in [7, 11) is 1.51. The van der Waals surface area contributed by atoms with Crippen molar-refractivity contribution in [3.05, 3.63) is 48.2 Å². The molecule has 1 aliphatic rings. The predicted molar refractivity (Wildman–Crippen MR) is 101 cm³/mol. The van der Waals surface area contributed by atoms with Crippen LogP contribution in [0.3, 0.4) is 0 Å². The smallest absolute Gasteiger partial charge is 0.322 e. The number of benzene rings is 1. The lowest BCUT2D eigenvalue weighted by atomic mass is 10.1. The highest BCUT2D eigenvalue weighted by atomic mass is 16.5. The van der Waals surface area contributed by atoms with Gasteiger partial charge < -0.3 is 10.1 Å². The van der Waals surface area contributed by atoms with Crippen LogP contribution in [0.2, 0.25) is 0 Å². The molecule has 3 heterocycles. The maximum Gasteiger partial charge on any atom is 0.322 e. The number of H-pyrrole nitrogens is 1. The van der Waals surface area contributed by atoms with E-state index in [1.165, 1.54) is 12.0 Å². The van der Waals surface area contributed by atoms with Crippen LogP contribution < -0.4 is 20.3 Å². The standard InChI is InChI=1S/C18H17N7O3/c1-28-14-6-5-11(10-13(14)25-9-8-20-18(25)27)16(26)22-17-21-15(23-24-17)12-4-2-3-7-19-12/h2-7,10H,8-9H2,1H3,(H,20,27)(H2,21,22,23,24,26). The van der Waals surface area contributed by atoms with Gasteiger partial charge in [0.2, 0.25) is 5.95 Å². The van der Waals surface area contributed by atoms with Crippen LogP contribution in [0.15, 0.2) is 42.6 Å². The van der Waals surface area contributed by atoms with Gasteiger partial charge in [-0.05, 0) is 30.3 Å². The summed E-state index contributed by atoms with van der Waals surface area (Å²) in [6, 6.07) is 10.0. The van der Waals surface area contributed by atoms with Crippen molar-refractivity contribution in [1.82, 2.24) is 25.5 Å². The van der Waals surface area contributed by atoms with Gasteiger partial charge in [-0.3, -0.25) is 25.1 Å². The zero-order valence-electron chi connectivity index (χ0n) is 15.0. The van der Waals surface area contributed by atoms with Gasteiger partial charge in [0.15, 0.2) is 5.82 Å². The van der Waals surface area contributed by atoms with E-state index in [9.17, 15) is 9.59 Å². The summed E-state index contributed by atoms with van der Waals surface area (Å²) >= 11 is 0. The molecule has 3 aromatic rings.